The number of aliphatic hydroxyl groups is 13. The fraction of sp³-hybridized carbons (Fsp3) is 0.967. The minimum atomic E-state index is -2.06. The maximum Gasteiger partial charge on any atom is 0.217 e. The first-order valence-electron chi connectivity index (χ1n) is 16.6. The normalized spacial score (nSPS) is 41.8. The molecule has 19 atom stereocenters. The molecule has 3 fully saturated rings. The highest BCUT2D eigenvalue weighted by Crippen LogP contribution is 2.34. The molecule has 3 rings (SSSR count). The number of ether oxygens (including phenoxy) is 6. The second-order valence-electron chi connectivity index (χ2n) is 14.2. The number of carbonyl (C=O) groups is 1. The summed E-state index contributed by atoms with van der Waals surface area (Å²) in [5.41, 5.74) is -0.504. The van der Waals surface area contributed by atoms with Crippen LogP contribution in [-0.2, 0) is 33.2 Å². The van der Waals surface area contributed by atoms with E-state index < -0.39 is 154 Å². The van der Waals surface area contributed by atoms with Crippen molar-refractivity contribution in [3.05, 3.63) is 0 Å². The first kappa shape index (κ1) is 44.1. The summed E-state index contributed by atoms with van der Waals surface area (Å²) in [6.07, 6.45) is -32.1. The van der Waals surface area contributed by atoms with Crippen molar-refractivity contribution in [2.45, 2.75) is 151 Å². The number of amides is 1. The van der Waals surface area contributed by atoms with Crippen molar-refractivity contribution in [1.29, 1.82) is 0 Å². The highest BCUT2D eigenvalue weighted by Gasteiger charge is 2.55. The highest BCUT2D eigenvalue weighted by molar-refractivity contribution is 5.73. The van der Waals surface area contributed by atoms with Crippen molar-refractivity contribution in [1.82, 2.24) is 5.32 Å². The van der Waals surface area contributed by atoms with Gasteiger partial charge in [0.1, 0.15) is 91.5 Å². The third-order valence-corrected chi connectivity index (χ3v) is 8.89. The lowest BCUT2D eigenvalue weighted by Gasteiger charge is -2.49. The van der Waals surface area contributed by atoms with Gasteiger partial charge in [-0.3, -0.25) is 4.79 Å². The SMILES string of the molecule is CC(=O)N[C@H]1[C@H](O[C@H]2[C@@H](O)[C@@H](CO)O[C@@H](O[C@@H]([C@H](O)[C@@H](O)CC(C)(C)C)[C@H](O)CO)[C@@H]2O)O[C@H](CO)[C@@H](O)[C@@H]1O[C@@H]1O[C@H](CO)[C@H](O)[C@H](O)[C@H]1O. The van der Waals surface area contributed by atoms with Crippen LogP contribution in [0.25, 0.3) is 0 Å². The maximum absolute atomic E-state index is 12.3. The van der Waals surface area contributed by atoms with Crippen LogP contribution in [0.4, 0.5) is 0 Å². The van der Waals surface area contributed by atoms with E-state index in [0.29, 0.717) is 0 Å². The molecule has 21 nitrogen and oxygen atoms in total. The van der Waals surface area contributed by atoms with Gasteiger partial charge in [-0.15, -0.1) is 0 Å². The van der Waals surface area contributed by atoms with Crippen molar-refractivity contribution in [2.75, 3.05) is 26.4 Å². The van der Waals surface area contributed by atoms with Gasteiger partial charge in [0.15, 0.2) is 18.9 Å². The van der Waals surface area contributed by atoms with Gasteiger partial charge >= 0.3 is 0 Å². The molecule has 0 saturated carbocycles. The number of nitrogens with one attached hydrogen (secondary N) is 1. The third-order valence-electron chi connectivity index (χ3n) is 8.89. The quantitative estimate of drug-likeness (QED) is 0.0739. The van der Waals surface area contributed by atoms with Crippen LogP contribution in [0.2, 0.25) is 0 Å². The number of aliphatic hydroxyl groups excluding tert-OH is 13. The zero-order chi connectivity index (χ0) is 38.5. The molecular formula is C30H55NO20. The van der Waals surface area contributed by atoms with Crippen molar-refractivity contribution in [2.24, 2.45) is 5.41 Å². The van der Waals surface area contributed by atoms with Crippen molar-refractivity contribution in [3.63, 3.8) is 0 Å². The minimum absolute atomic E-state index is 0.0117. The van der Waals surface area contributed by atoms with Crippen molar-refractivity contribution < 1.29 is 99.6 Å². The lowest BCUT2D eigenvalue weighted by atomic mass is 9.86. The lowest BCUT2D eigenvalue weighted by molar-refractivity contribution is -0.371. The van der Waals surface area contributed by atoms with E-state index in [-0.39, 0.29) is 6.42 Å². The van der Waals surface area contributed by atoms with Gasteiger partial charge in [-0.05, 0) is 11.8 Å². The molecule has 300 valence electrons. The molecule has 14 N–H and O–H groups in total. The number of rotatable bonds is 15. The Labute approximate surface area is 293 Å². The predicted molar refractivity (Wildman–Crippen MR) is 165 cm³/mol. The molecule has 0 radical (unpaired) electrons. The summed E-state index contributed by atoms with van der Waals surface area (Å²) >= 11 is 0. The monoisotopic (exact) mass is 749 g/mol. The number of hydrogen-bond acceptors (Lipinski definition) is 20. The number of hydrogen-bond donors (Lipinski definition) is 14. The lowest BCUT2D eigenvalue weighted by Crippen LogP contribution is -2.70. The molecule has 0 aromatic heterocycles. The molecule has 0 spiro atoms. The van der Waals surface area contributed by atoms with E-state index >= 15 is 0 Å². The summed E-state index contributed by atoms with van der Waals surface area (Å²) in [6.45, 7) is 2.78. The molecule has 0 aromatic rings. The van der Waals surface area contributed by atoms with Crippen LogP contribution in [0.5, 0.6) is 0 Å². The van der Waals surface area contributed by atoms with Crippen LogP contribution >= 0.6 is 0 Å². The maximum atomic E-state index is 12.3. The van der Waals surface area contributed by atoms with Crippen LogP contribution in [0.3, 0.4) is 0 Å². The van der Waals surface area contributed by atoms with Gasteiger partial charge in [0.2, 0.25) is 5.91 Å². The molecule has 0 unspecified atom stereocenters. The zero-order valence-corrected chi connectivity index (χ0v) is 28.7. The Hall–Kier alpha value is -1.29. The summed E-state index contributed by atoms with van der Waals surface area (Å²) in [5, 5.41) is 138. The fourth-order valence-corrected chi connectivity index (χ4v) is 6.17. The van der Waals surface area contributed by atoms with Gasteiger partial charge in [0, 0.05) is 6.92 Å². The Morgan fingerprint density at radius 1 is 0.667 bits per heavy atom. The topological polar surface area (TPSA) is 347 Å². The van der Waals surface area contributed by atoms with E-state index in [0.717, 1.165) is 6.92 Å². The van der Waals surface area contributed by atoms with E-state index in [2.05, 4.69) is 5.32 Å². The van der Waals surface area contributed by atoms with Crippen LogP contribution in [0.15, 0.2) is 0 Å². The molecule has 3 saturated heterocycles. The fourth-order valence-electron chi connectivity index (χ4n) is 6.17. The Balaban J connectivity index is 1.94. The molecule has 0 aromatic carbocycles. The average Bonchev–Trinajstić information content (AvgIpc) is 3.07. The van der Waals surface area contributed by atoms with Crippen LogP contribution in [0.1, 0.15) is 34.1 Å². The molecule has 1 amide bonds. The third kappa shape index (κ3) is 10.7. The van der Waals surface area contributed by atoms with Gasteiger partial charge in [-0.25, -0.2) is 0 Å². The van der Waals surface area contributed by atoms with E-state index in [9.17, 15) is 71.2 Å². The smallest absolute Gasteiger partial charge is 0.217 e. The first-order chi connectivity index (χ1) is 23.8. The highest BCUT2D eigenvalue weighted by atomic mass is 16.7. The molecular weight excluding hydrogens is 694 g/mol. The summed E-state index contributed by atoms with van der Waals surface area (Å²) in [5.74, 6) is -0.764. The summed E-state index contributed by atoms with van der Waals surface area (Å²) in [4.78, 5) is 12.3. The molecule has 0 bridgehead atoms. The van der Waals surface area contributed by atoms with Gasteiger partial charge in [0.05, 0.1) is 32.5 Å². The molecule has 0 aliphatic carbocycles. The second kappa shape index (κ2) is 18.8. The molecule has 21 heteroatoms. The van der Waals surface area contributed by atoms with Gasteiger partial charge < -0.3 is 100 Å². The number of carbonyl (C=O) groups excluding carboxylic acids is 1. The Bertz CT molecular complexity index is 1070. The first-order valence-corrected chi connectivity index (χ1v) is 16.6. The molecule has 3 aliphatic rings. The Morgan fingerprint density at radius 2 is 1.16 bits per heavy atom. The predicted octanol–water partition coefficient (Wildman–Crippen LogP) is -7.53. The van der Waals surface area contributed by atoms with Crippen molar-refractivity contribution in [3.8, 4) is 0 Å². The average molecular weight is 750 g/mol. The van der Waals surface area contributed by atoms with Crippen LogP contribution < -0.4 is 5.32 Å². The second-order valence-corrected chi connectivity index (χ2v) is 14.2. The van der Waals surface area contributed by atoms with E-state index in [1.807, 2.05) is 0 Å². The summed E-state index contributed by atoms with van der Waals surface area (Å²) in [6, 6.07) is -1.61. The summed E-state index contributed by atoms with van der Waals surface area (Å²) in [7, 11) is 0. The van der Waals surface area contributed by atoms with Gasteiger partial charge in [-0.2, -0.15) is 0 Å². The van der Waals surface area contributed by atoms with E-state index in [4.69, 9.17) is 28.4 Å². The van der Waals surface area contributed by atoms with Crippen LogP contribution in [0, 0.1) is 5.41 Å². The van der Waals surface area contributed by atoms with Gasteiger partial charge in [-0.1, -0.05) is 20.8 Å². The van der Waals surface area contributed by atoms with Gasteiger partial charge in [0.25, 0.3) is 0 Å². The van der Waals surface area contributed by atoms with E-state index in [1.165, 1.54) is 0 Å². The standard InChI is InChI=1S/C30H55NO20/c1-10(36)31-16-25(50-28-22(44)21(43)18(40)13(7-33)47-28)19(41)14(8-34)46-27(16)51-26-20(42)15(9-35)48-29(23(26)45)49-24(12(38)6-32)17(39)11(37)5-30(2,3)4/h11-29,32-35,37-45H,5-9H2,1-4H3,(H,31,36)/t11-,12+,13+,14+,15+,16+,17+,18-,19+,20-,21-,22+,23+,24+,25+,26-,27-,28-,29-/m0/s1. The Morgan fingerprint density at radius 3 is 1.67 bits per heavy atom. The molecule has 3 aliphatic heterocycles. The Kier molecular flexibility index (Phi) is 16.3. The van der Waals surface area contributed by atoms with E-state index in [1.54, 1.807) is 20.8 Å². The van der Waals surface area contributed by atoms with Crippen molar-refractivity contribution >= 4 is 5.91 Å². The van der Waals surface area contributed by atoms with Crippen LogP contribution in [-0.4, -0.2) is 215 Å². The molecule has 3 heterocycles. The summed E-state index contributed by atoms with van der Waals surface area (Å²) < 4.78 is 33.9. The minimum Gasteiger partial charge on any atom is -0.394 e. The zero-order valence-electron chi connectivity index (χ0n) is 28.7. The molecule has 51 heavy (non-hydrogen) atoms. The largest absolute Gasteiger partial charge is 0.394 e.